The zero-order valence-electron chi connectivity index (χ0n) is 15.0. The highest BCUT2D eigenvalue weighted by atomic mass is 16.1. The highest BCUT2D eigenvalue weighted by molar-refractivity contribution is 5.99. The van der Waals surface area contributed by atoms with Gasteiger partial charge in [0.1, 0.15) is 0 Å². The molecule has 2 aromatic carbocycles. The van der Waals surface area contributed by atoms with Crippen LogP contribution in [0.5, 0.6) is 0 Å². The number of para-hydroxylation sites is 2. The van der Waals surface area contributed by atoms with Crippen LogP contribution in [0.4, 0.5) is 0 Å². The Balaban J connectivity index is 2.01. The number of ketones is 1. The van der Waals surface area contributed by atoms with Gasteiger partial charge in [-0.25, -0.2) is 4.98 Å². The molecule has 1 aromatic heterocycles. The second kappa shape index (κ2) is 6.28. The Morgan fingerprint density at radius 1 is 1.04 bits per heavy atom. The molecule has 0 radical (unpaired) electrons. The standard InChI is InChI=1S/C21H22N2O2/c1-14(20(25)15-9-11-16(12-10-15)21(2,3)4)23-18-8-6-5-7-17(18)22-13-19(23)24/h5-14H,1-4H3/t14-/m1/s1. The van der Waals surface area contributed by atoms with Crippen molar-refractivity contribution in [2.45, 2.75) is 39.2 Å². The summed E-state index contributed by atoms with van der Waals surface area (Å²) in [5, 5.41) is 0. The molecule has 0 saturated heterocycles. The van der Waals surface area contributed by atoms with Crippen LogP contribution in [0.1, 0.15) is 49.7 Å². The molecule has 1 atom stereocenters. The summed E-state index contributed by atoms with van der Waals surface area (Å²) in [6, 6.07) is 14.4. The van der Waals surface area contributed by atoms with E-state index in [0.717, 1.165) is 0 Å². The first-order chi connectivity index (χ1) is 11.8. The maximum atomic E-state index is 12.9. The van der Waals surface area contributed by atoms with Gasteiger partial charge in [-0.3, -0.25) is 14.2 Å². The molecule has 0 saturated carbocycles. The van der Waals surface area contributed by atoms with Crippen LogP contribution in [0.2, 0.25) is 0 Å². The van der Waals surface area contributed by atoms with Crippen molar-refractivity contribution in [3.8, 4) is 0 Å². The summed E-state index contributed by atoms with van der Waals surface area (Å²) in [6.45, 7) is 8.16. The average Bonchev–Trinajstić information content (AvgIpc) is 2.60. The van der Waals surface area contributed by atoms with Gasteiger partial charge < -0.3 is 0 Å². The minimum atomic E-state index is -0.596. The van der Waals surface area contributed by atoms with Crippen LogP contribution < -0.4 is 5.56 Å². The highest BCUT2D eigenvalue weighted by Crippen LogP contribution is 2.24. The Labute approximate surface area is 147 Å². The molecule has 4 heteroatoms. The molecule has 1 heterocycles. The van der Waals surface area contributed by atoms with Gasteiger partial charge in [0.2, 0.25) is 0 Å². The molecule has 3 rings (SSSR count). The Kier molecular flexibility index (Phi) is 4.29. The summed E-state index contributed by atoms with van der Waals surface area (Å²) in [4.78, 5) is 29.4. The molecule has 128 valence electrons. The van der Waals surface area contributed by atoms with Crippen molar-refractivity contribution in [1.29, 1.82) is 0 Å². The van der Waals surface area contributed by atoms with Crippen LogP contribution in [-0.4, -0.2) is 15.3 Å². The molecule has 25 heavy (non-hydrogen) atoms. The Hall–Kier alpha value is -2.75. The van der Waals surface area contributed by atoms with Gasteiger partial charge in [0.05, 0.1) is 23.3 Å². The summed E-state index contributed by atoms with van der Waals surface area (Å²) in [7, 11) is 0. The minimum Gasteiger partial charge on any atom is -0.295 e. The number of rotatable bonds is 3. The Bertz CT molecular complexity index is 979. The maximum Gasteiger partial charge on any atom is 0.270 e. The topological polar surface area (TPSA) is 52.0 Å². The number of aromatic nitrogens is 2. The SMILES string of the molecule is C[C@H](C(=O)c1ccc(C(C)(C)C)cc1)n1c(=O)cnc2ccccc21. The van der Waals surface area contributed by atoms with Gasteiger partial charge in [0.15, 0.2) is 5.78 Å². The fourth-order valence-electron chi connectivity index (χ4n) is 2.98. The van der Waals surface area contributed by atoms with Crippen LogP contribution in [0.25, 0.3) is 11.0 Å². The number of nitrogens with zero attached hydrogens (tertiary/aromatic N) is 2. The van der Waals surface area contributed by atoms with Gasteiger partial charge in [0.25, 0.3) is 5.56 Å². The molecule has 0 N–H and O–H groups in total. The molecule has 0 aliphatic rings. The van der Waals surface area contributed by atoms with Crippen LogP contribution in [-0.2, 0) is 5.41 Å². The third kappa shape index (κ3) is 3.25. The van der Waals surface area contributed by atoms with E-state index in [-0.39, 0.29) is 16.8 Å². The number of hydrogen-bond acceptors (Lipinski definition) is 3. The van der Waals surface area contributed by atoms with E-state index in [1.807, 2.05) is 48.5 Å². The molecule has 0 unspecified atom stereocenters. The molecule has 3 aromatic rings. The van der Waals surface area contributed by atoms with Gasteiger partial charge in [-0.2, -0.15) is 0 Å². The second-order valence-corrected chi connectivity index (χ2v) is 7.32. The number of hydrogen-bond donors (Lipinski definition) is 0. The predicted octanol–water partition coefficient (Wildman–Crippen LogP) is 4.14. The van der Waals surface area contributed by atoms with Crippen molar-refractivity contribution in [2.75, 3.05) is 0 Å². The molecular weight excluding hydrogens is 312 g/mol. The lowest BCUT2D eigenvalue weighted by Crippen LogP contribution is -2.28. The fraction of sp³-hybridized carbons (Fsp3) is 0.286. The van der Waals surface area contributed by atoms with Gasteiger partial charge in [0, 0.05) is 5.56 Å². The second-order valence-electron chi connectivity index (χ2n) is 7.32. The summed E-state index contributed by atoms with van der Waals surface area (Å²) in [5.41, 5.74) is 2.90. The van der Waals surface area contributed by atoms with E-state index in [0.29, 0.717) is 16.6 Å². The highest BCUT2D eigenvalue weighted by Gasteiger charge is 2.21. The lowest BCUT2D eigenvalue weighted by molar-refractivity contribution is 0.0935. The molecule has 0 spiro atoms. The van der Waals surface area contributed by atoms with Crippen molar-refractivity contribution < 1.29 is 4.79 Å². The van der Waals surface area contributed by atoms with E-state index < -0.39 is 6.04 Å². The average molecular weight is 334 g/mol. The van der Waals surface area contributed by atoms with Crippen LogP contribution in [0.15, 0.2) is 59.5 Å². The molecule has 4 nitrogen and oxygen atoms in total. The third-order valence-corrected chi connectivity index (χ3v) is 4.49. The van der Waals surface area contributed by atoms with Gasteiger partial charge in [-0.15, -0.1) is 0 Å². The molecule has 0 aliphatic heterocycles. The van der Waals surface area contributed by atoms with Crippen molar-refractivity contribution in [3.63, 3.8) is 0 Å². The summed E-state index contributed by atoms with van der Waals surface area (Å²) < 4.78 is 1.52. The number of carbonyl (C=O) groups excluding carboxylic acids is 1. The molecule has 0 amide bonds. The molecule has 0 aliphatic carbocycles. The van der Waals surface area contributed by atoms with E-state index in [1.54, 1.807) is 6.92 Å². The van der Waals surface area contributed by atoms with Crippen LogP contribution in [0, 0.1) is 0 Å². The van der Waals surface area contributed by atoms with Gasteiger partial charge in [-0.1, -0.05) is 57.2 Å². The largest absolute Gasteiger partial charge is 0.295 e. The molecule has 0 fully saturated rings. The Morgan fingerprint density at radius 2 is 1.68 bits per heavy atom. The summed E-state index contributed by atoms with van der Waals surface area (Å²) in [6.07, 6.45) is 1.27. The number of fused-ring (bicyclic) bond motifs is 1. The van der Waals surface area contributed by atoms with E-state index >= 15 is 0 Å². The number of Topliss-reactive ketones (excluding diaryl/α,β-unsaturated/α-hetero) is 1. The van der Waals surface area contributed by atoms with Crippen molar-refractivity contribution in [3.05, 3.63) is 76.2 Å². The van der Waals surface area contributed by atoms with E-state index in [2.05, 4.69) is 25.8 Å². The van der Waals surface area contributed by atoms with Crippen LogP contribution in [0.3, 0.4) is 0 Å². The number of carbonyl (C=O) groups is 1. The van der Waals surface area contributed by atoms with E-state index in [4.69, 9.17) is 0 Å². The predicted molar refractivity (Wildman–Crippen MR) is 100 cm³/mol. The Morgan fingerprint density at radius 3 is 2.32 bits per heavy atom. The van der Waals surface area contributed by atoms with Crippen molar-refractivity contribution in [2.24, 2.45) is 0 Å². The van der Waals surface area contributed by atoms with E-state index in [1.165, 1.54) is 16.3 Å². The van der Waals surface area contributed by atoms with E-state index in [9.17, 15) is 9.59 Å². The normalized spacial score (nSPS) is 13.0. The first kappa shape index (κ1) is 17.1. The first-order valence-electron chi connectivity index (χ1n) is 8.40. The fourth-order valence-corrected chi connectivity index (χ4v) is 2.98. The zero-order chi connectivity index (χ0) is 18.2. The van der Waals surface area contributed by atoms with Crippen LogP contribution >= 0.6 is 0 Å². The van der Waals surface area contributed by atoms with Crippen molar-refractivity contribution >= 4 is 16.8 Å². The zero-order valence-corrected chi connectivity index (χ0v) is 15.0. The maximum absolute atomic E-state index is 12.9. The quantitative estimate of drug-likeness (QED) is 0.677. The minimum absolute atomic E-state index is 0.0332. The first-order valence-corrected chi connectivity index (χ1v) is 8.40. The summed E-state index contributed by atoms with van der Waals surface area (Å²) in [5.74, 6) is -0.0843. The monoisotopic (exact) mass is 334 g/mol. The lowest BCUT2D eigenvalue weighted by atomic mass is 9.86. The smallest absolute Gasteiger partial charge is 0.270 e. The molecule has 0 bridgehead atoms. The molecular formula is C21H22N2O2. The van der Waals surface area contributed by atoms with Gasteiger partial charge >= 0.3 is 0 Å². The lowest BCUT2D eigenvalue weighted by Gasteiger charge is -2.20. The number of benzene rings is 2. The van der Waals surface area contributed by atoms with Crippen molar-refractivity contribution in [1.82, 2.24) is 9.55 Å². The third-order valence-electron chi connectivity index (χ3n) is 4.49. The van der Waals surface area contributed by atoms with Gasteiger partial charge in [-0.05, 0) is 30.0 Å². The summed E-state index contributed by atoms with van der Waals surface area (Å²) >= 11 is 0.